The largest absolute Gasteiger partial charge is 0.465 e. The van der Waals surface area contributed by atoms with Crippen LogP contribution in [0.3, 0.4) is 0 Å². The maximum atomic E-state index is 12.7. The third kappa shape index (κ3) is 6.29. The predicted molar refractivity (Wildman–Crippen MR) is 145 cm³/mol. The van der Waals surface area contributed by atoms with Crippen molar-refractivity contribution in [1.82, 2.24) is 14.9 Å². The Morgan fingerprint density at radius 2 is 2.08 bits per heavy atom. The smallest absolute Gasteiger partial charge is 0.335 e. The van der Waals surface area contributed by atoms with Gasteiger partial charge in [0.25, 0.3) is 0 Å². The number of hydrogen-bond donors (Lipinski definition) is 1. The van der Waals surface area contributed by atoms with E-state index in [1.54, 1.807) is 12.5 Å². The van der Waals surface area contributed by atoms with E-state index in [1.807, 2.05) is 16.8 Å². The fraction of sp³-hybridized carbons (Fsp3) is 0.667. The normalized spacial score (nSPS) is 31.2. The molecule has 1 N–H and O–H groups in total. The number of aromatic nitrogens is 2. The van der Waals surface area contributed by atoms with Crippen molar-refractivity contribution < 1.29 is 28.6 Å². The van der Waals surface area contributed by atoms with Gasteiger partial charge in [-0.2, -0.15) is 0 Å². The van der Waals surface area contributed by atoms with E-state index in [9.17, 15) is 14.4 Å². The summed E-state index contributed by atoms with van der Waals surface area (Å²) in [5.41, 5.74) is 1.18. The Kier molecular flexibility index (Phi) is 8.99. The van der Waals surface area contributed by atoms with Crippen LogP contribution in [0.2, 0.25) is 0 Å². The highest BCUT2D eigenvalue weighted by molar-refractivity contribution is 5.91. The van der Waals surface area contributed by atoms with Crippen LogP contribution >= 0.6 is 0 Å². The number of cyclic esters (lactones) is 1. The maximum absolute atomic E-state index is 12.7. The molecule has 39 heavy (non-hydrogen) atoms. The number of aryl methyl sites for hydroxylation is 1. The maximum Gasteiger partial charge on any atom is 0.335 e. The molecule has 2 unspecified atom stereocenters. The third-order valence-corrected chi connectivity index (χ3v) is 9.35. The zero-order valence-corrected chi connectivity index (χ0v) is 23.7. The van der Waals surface area contributed by atoms with Gasteiger partial charge < -0.3 is 24.1 Å². The highest BCUT2D eigenvalue weighted by Crippen LogP contribution is 2.62. The number of allylic oxidation sites excluding steroid dienone is 1. The Bertz CT molecular complexity index is 1100. The second-order valence-corrected chi connectivity index (χ2v) is 11.9. The molecule has 0 saturated heterocycles. The van der Waals surface area contributed by atoms with Crippen LogP contribution < -0.4 is 5.32 Å². The predicted octanol–water partition coefficient (Wildman–Crippen LogP) is 3.99. The summed E-state index contributed by atoms with van der Waals surface area (Å²) in [5, 5.41) is 3.65. The molecule has 4 rings (SSSR count). The summed E-state index contributed by atoms with van der Waals surface area (Å²) in [6, 6.07) is -0.161. The van der Waals surface area contributed by atoms with E-state index in [0.717, 1.165) is 45.2 Å². The van der Waals surface area contributed by atoms with Gasteiger partial charge in [-0.25, -0.2) is 9.78 Å². The number of esters is 3. The van der Waals surface area contributed by atoms with Gasteiger partial charge in [-0.15, -0.1) is 0 Å². The lowest BCUT2D eigenvalue weighted by atomic mass is 9.46. The van der Waals surface area contributed by atoms with E-state index in [4.69, 9.17) is 14.2 Å². The summed E-state index contributed by atoms with van der Waals surface area (Å²) in [7, 11) is 0. The average molecular weight is 542 g/mol. The Labute approximate surface area is 231 Å². The second kappa shape index (κ2) is 12.1. The lowest BCUT2D eigenvalue weighted by molar-refractivity contribution is -0.191. The molecule has 2 fully saturated rings. The highest BCUT2D eigenvalue weighted by atomic mass is 16.6. The van der Waals surface area contributed by atoms with Crippen LogP contribution in [0.5, 0.6) is 0 Å². The number of ether oxygens (including phenoxy) is 3. The van der Waals surface area contributed by atoms with Gasteiger partial charge >= 0.3 is 17.9 Å². The Balaban J connectivity index is 1.56. The fourth-order valence-corrected chi connectivity index (χ4v) is 7.42. The highest BCUT2D eigenvalue weighted by Gasteiger charge is 2.60. The van der Waals surface area contributed by atoms with Crippen LogP contribution in [-0.2, 0) is 35.1 Å². The molecule has 1 aromatic heterocycles. The minimum Gasteiger partial charge on any atom is -0.465 e. The van der Waals surface area contributed by atoms with Crippen molar-refractivity contribution in [3.8, 4) is 0 Å². The number of carbonyl (C=O) groups excluding carboxylic acids is 3. The SMILES string of the molecule is C=C1CCC2[C@](C)(COC(C)=O)[C@H](OC(C)=O)CC[C@]2(C)[C@H]1CC(NCCCn1ccnc1)C1=CCOC1=O. The summed E-state index contributed by atoms with van der Waals surface area (Å²) in [6.07, 6.45) is 12.0. The number of rotatable bonds is 11. The molecule has 1 aliphatic heterocycles. The number of nitrogens with zero attached hydrogens (tertiary/aromatic N) is 2. The molecule has 0 spiro atoms. The van der Waals surface area contributed by atoms with Crippen molar-refractivity contribution >= 4 is 17.9 Å². The zero-order valence-electron chi connectivity index (χ0n) is 23.7. The first-order valence-electron chi connectivity index (χ1n) is 14.1. The molecular weight excluding hydrogens is 498 g/mol. The zero-order chi connectivity index (χ0) is 28.2. The summed E-state index contributed by atoms with van der Waals surface area (Å²) in [4.78, 5) is 40.6. The quantitative estimate of drug-likeness (QED) is 0.194. The number of fused-ring (bicyclic) bond motifs is 1. The van der Waals surface area contributed by atoms with E-state index < -0.39 is 5.41 Å². The van der Waals surface area contributed by atoms with Crippen molar-refractivity contribution in [1.29, 1.82) is 0 Å². The number of nitrogens with one attached hydrogen (secondary N) is 1. The molecule has 9 nitrogen and oxygen atoms in total. The monoisotopic (exact) mass is 541 g/mol. The first-order chi connectivity index (χ1) is 18.5. The van der Waals surface area contributed by atoms with Crippen LogP contribution in [0.15, 0.2) is 42.5 Å². The van der Waals surface area contributed by atoms with Gasteiger partial charge in [0.05, 0.1) is 11.9 Å². The Morgan fingerprint density at radius 3 is 2.72 bits per heavy atom. The van der Waals surface area contributed by atoms with Gasteiger partial charge in [0.1, 0.15) is 19.3 Å². The van der Waals surface area contributed by atoms with E-state index in [2.05, 4.69) is 30.7 Å². The first-order valence-corrected chi connectivity index (χ1v) is 14.1. The number of carbonyl (C=O) groups is 3. The summed E-state index contributed by atoms with van der Waals surface area (Å²) in [5.74, 6) is -0.644. The standard InChI is InChI=1S/C30H43N3O6/c1-20-7-8-26-29(4,11-9-27(39-22(3)35)30(26,5)18-38-21(2)34)24(20)17-25(23-10-16-37-28(23)36)32-12-6-14-33-15-13-31-19-33/h10,13,15,19,24-27,32H,1,6-9,11-12,14,16-18H2,2-5H3/t24-,25?,26?,27+,29+,30-/m0/s1. The molecule has 9 heteroatoms. The van der Waals surface area contributed by atoms with Crippen LogP contribution in [-0.4, -0.2) is 59.4 Å². The molecule has 1 aromatic rings. The Morgan fingerprint density at radius 1 is 1.28 bits per heavy atom. The fourth-order valence-electron chi connectivity index (χ4n) is 7.42. The molecule has 2 aliphatic carbocycles. The molecule has 2 heterocycles. The molecule has 214 valence electrons. The summed E-state index contributed by atoms with van der Waals surface area (Å²) in [6.45, 7) is 13.8. The van der Waals surface area contributed by atoms with E-state index in [1.165, 1.54) is 19.4 Å². The molecule has 2 saturated carbocycles. The molecule has 0 radical (unpaired) electrons. The van der Waals surface area contributed by atoms with E-state index >= 15 is 0 Å². The van der Waals surface area contributed by atoms with Crippen LogP contribution in [0.1, 0.15) is 66.2 Å². The van der Waals surface area contributed by atoms with Crippen molar-refractivity contribution in [2.75, 3.05) is 19.8 Å². The van der Waals surface area contributed by atoms with Crippen LogP contribution in [0, 0.1) is 22.7 Å². The number of imidazole rings is 1. The van der Waals surface area contributed by atoms with Crippen molar-refractivity contribution in [2.45, 2.75) is 84.9 Å². The van der Waals surface area contributed by atoms with E-state index in [0.29, 0.717) is 18.6 Å². The van der Waals surface area contributed by atoms with Gasteiger partial charge in [0.15, 0.2) is 0 Å². The van der Waals surface area contributed by atoms with E-state index in [-0.39, 0.29) is 53.9 Å². The van der Waals surface area contributed by atoms with Gasteiger partial charge in [0, 0.05) is 44.2 Å². The lowest BCUT2D eigenvalue weighted by Crippen LogP contribution is -2.59. The van der Waals surface area contributed by atoms with Crippen LogP contribution in [0.25, 0.3) is 0 Å². The van der Waals surface area contributed by atoms with Gasteiger partial charge in [-0.05, 0) is 68.4 Å². The van der Waals surface area contributed by atoms with Crippen molar-refractivity contribution in [3.05, 3.63) is 42.5 Å². The second-order valence-electron chi connectivity index (χ2n) is 11.9. The number of hydrogen-bond acceptors (Lipinski definition) is 8. The Hall–Kier alpha value is -2.94. The third-order valence-electron chi connectivity index (χ3n) is 9.35. The summed E-state index contributed by atoms with van der Waals surface area (Å²) >= 11 is 0. The van der Waals surface area contributed by atoms with Crippen molar-refractivity contribution in [2.24, 2.45) is 22.7 Å². The molecule has 6 atom stereocenters. The molecule has 0 amide bonds. The molecule has 3 aliphatic rings. The minimum absolute atomic E-state index is 0.131. The summed E-state index contributed by atoms with van der Waals surface area (Å²) < 4.78 is 18.7. The molecule has 0 aromatic carbocycles. The molecule has 0 bridgehead atoms. The average Bonchev–Trinajstić information content (AvgIpc) is 3.55. The van der Waals surface area contributed by atoms with Crippen molar-refractivity contribution in [3.63, 3.8) is 0 Å². The van der Waals surface area contributed by atoms with Gasteiger partial charge in [-0.3, -0.25) is 9.59 Å². The van der Waals surface area contributed by atoms with Crippen LogP contribution in [0.4, 0.5) is 0 Å². The molecular formula is C30H43N3O6. The first kappa shape index (κ1) is 29.1. The minimum atomic E-state index is -0.525. The van der Waals surface area contributed by atoms with Gasteiger partial charge in [-0.1, -0.05) is 26.0 Å². The van der Waals surface area contributed by atoms with Gasteiger partial charge in [0.2, 0.25) is 0 Å². The topological polar surface area (TPSA) is 109 Å². The lowest BCUT2D eigenvalue weighted by Gasteiger charge is -2.60.